The van der Waals surface area contributed by atoms with Crippen LogP contribution in [0.25, 0.3) is 0 Å². The van der Waals surface area contributed by atoms with Gasteiger partial charge >= 0.3 is 0 Å². The molecule has 1 aliphatic rings. The van der Waals surface area contributed by atoms with Crippen molar-refractivity contribution in [2.75, 3.05) is 6.61 Å². The first-order valence-corrected chi connectivity index (χ1v) is 9.66. The maximum atomic E-state index is 12.7. The Labute approximate surface area is 151 Å². The van der Waals surface area contributed by atoms with E-state index in [1.165, 1.54) is 18.2 Å². The highest BCUT2D eigenvalue weighted by atomic mass is 35.5. The smallest absolute Gasteiger partial charge is 0.242 e. The Kier molecular flexibility index (Phi) is 5.11. The van der Waals surface area contributed by atoms with Gasteiger partial charge in [-0.25, -0.2) is 13.1 Å². The second-order valence-electron chi connectivity index (χ2n) is 5.69. The van der Waals surface area contributed by atoms with Crippen LogP contribution < -0.4 is 4.72 Å². The highest BCUT2D eigenvalue weighted by Crippen LogP contribution is 2.30. The fraction of sp³-hybridized carbons (Fsp3) is 0.375. The van der Waals surface area contributed by atoms with E-state index in [0.29, 0.717) is 18.1 Å². The quantitative estimate of drug-likeness (QED) is 0.857. The van der Waals surface area contributed by atoms with Crippen LogP contribution >= 0.6 is 11.6 Å². The fourth-order valence-electron chi connectivity index (χ4n) is 2.82. The zero-order valence-corrected chi connectivity index (χ0v) is 15.1. The summed E-state index contributed by atoms with van der Waals surface area (Å²) in [5.74, 6) is 0. The van der Waals surface area contributed by atoms with Gasteiger partial charge in [-0.05, 0) is 31.5 Å². The molecule has 1 aromatic carbocycles. The van der Waals surface area contributed by atoms with Gasteiger partial charge in [-0.3, -0.25) is 4.68 Å². The van der Waals surface area contributed by atoms with E-state index in [-0.39, 0.29) is 10.5 Å². The molecule has 0 aliphatic carbocycles. The Bertz CT molecular complexity index is 920. The number of rotatable bonds is 5. The molecular weight excluding hydrogens is 364 g/mol. The number of hydrogen-bond donors (Lipinski definition) is 1. The van der Waals surface area contributed by atoms with Crippen molar-refractivity contribution in [1.82, 2.24) is 14.5 Å². The molecule has 3 rings (SSSR count). The molecule has 2 aromatic rings. The van der Waals surface area contributed by atoms with Gasteiger partial charge in [0.15, 0.2) is 0 Å². The monoisotopic (exact) mass is 380 g/mol. The highest BCUT2D eigenvalue weighted by Gasteiger charge is 2.34. The van der Waals surface area contributed by atoms with Crippen LogP contribution in [0.15, 0.2) is 35.5 Å². The average Bonchev–Trinajstić information content (AvgIpc) is 3.22. The number of nitriles is 1. The zero-order valence-electron chi connectivity index (χ0n) is 13.5. The van der Waals surface area contributed by atoms with Gasteiger partial charge in [0.25, 0.3) is 0 Å². The molecule has 1 fully saturated rings. The molecule has 25 heavy (non-hydrogen) atoms. The van der Waals surface area contributed by atoms with Crippen molar-refractivity contribution in [3.05, 3.63) is 46.7 Å². The first-order chi connectivity index (χ1) is 11.9. The molecule has 1 aromatic heterocycles. The number of aromatic nitrogens is 2. The summed E-state index contributed by atoms with van der Waals surface area (Å²) < 4.78 is 35.6. The second kappa shape index (κ2) is 7.14. The summed E-state index contributed by atoms with van der Waals surface area (Å²) >= 11 is 5.84. The van der Waals surface area contributed by atoms with Gasteiger partial charge in [0.2, 0.25) is 10.0 Å². The van der Waals surface area contributed by atoms with Crippen LogP contribution in [0.4, 0.5) is 0 Å². The van der Waals surface area contributed by atoms with Gasteiger partial charge in [0, 0.05) is 29.9 Å². The first kappa shape index (κ1) is 17.9. The summed E-state index contributed by atoms with van der Waals surface area (Å²) in [7, 11) is -3.88. The molecule has 7 nitrogen and oxygen atoms in total. The van der Waals surface area contributed by atoms with Crippen LogP contribution in [0.2, 0.25) is 5.02 Å². The summed E-state index contributed by atoms with van der Waals surface area (Å²) in [6.45, 7) is 3.14. The number of benzene rings is 1. The van der Waals surface area contributed by atoms with Gasteiger partial charge in [-0.1, -0.05) is 11.6 Å². The van der Waals surface area contributed by atoms with E-state index >= 15 is 0 Å². The number of hydrogen-bond acceptors (Lipinski definition) is 5. The third-order valence-electron chi connectivity index (χ3n) is 4.06. The number of aryl methyl sites for hydroxylation is 1. The predicted octanol–water partition coefficient (Wildman–Crippen LogP) is 2.24. The predicted molar refractivity (Wildman–Crippen MR) is 91.5 cm³/mol. The van der Waals surface area contributed by atoms with Crippen molar-refractivity contribution in [2.24, 2.45) is 0 Å². The summed E-state index contributed by atoms with van der Waals surface area (Å²) in [5, 5.41) is 13.7. The molecule has 1 N–H and O–H groups in total. The number of halogens is 1. The number of sulfonamides is 1. The molecule has 0 radical (unpaired) electrons. The van der Waals surface area contributed by atoms with Gasteiger partial charge < -0.3 is 4.74 Å². The first-order valence-electron chi connectivity index (χ1n) is 7.80. The largest absolute Gasteiger partial charge is 0.372 e. The molecule has 0 unspecified atom stereocenters. The van der Waals surface area contributed by atoms with Crippen LogP contribution in [0.5, 0.6) is 0 Å². The molecule has 9 heteroatoms. The third kappa shape index (κ3) is 3.70. The van der Waals surface area contributed by atoms with E-state index in [1.807, 2.05) is 19.2 Å². The van der Waals surface area contributed by atoms with E-state index in [2.05, 4.69) is 9.82 Å². The normalized spacial score (nSPS) is 20.5. The molecule has 0 amide bonds. The van der Waals surface area contributed by atoms with E-state index in [0.717, 1.165) is 12.1 Å². The molecule has 0 saturated carbocycles. The highest BCUT2D eigenvalue weighted by molar-refractivity contribution is 7.89. The summed E-state index contributed by atoms with van der Waals surface area (Å²) in [4.78, 5) is -0.0886. The number of ether oxygens (including phenoxy) is 1. The van der Waals surface area contributed by atoms with E-state index in [9.17, 15) is 13.7 Å². The van der Waals surface area contributed by atoms with Gasteiger partial charge in [-0.15, -0.1) is 0 Å². The summed E-state index contributed by atoms with van der Waals surface area (Å²) in [5.41, 5.74) is 0.831. The summed E-state index contributed by atoms with van der Waals surface area (Å²) in [6.07, 6.45) is 3.66. The lowest BCUT2D eigenvalue weighted by Crippen LogP contribution is -2.37. The lowest BCUT2D eigenvalue weighted by Gasteiger charge is -2.19. The topological polar surface area (TPSA) is 97.0 Å². The molecule has 1 aliphatic heterocycles. The average molecular weight is 381 g/mol. The Morgan fingerprint density at radius 3 is 3.00 bits per heavy atom. The zero-order chi connectivity index (χ0) is 18.0. The van der Waals surface area contributed by atoms with Crippen molar-refractivity contribution >= 4 is 21.6 Å². The van der Waals surface area contributed by atoms with Crippen LogP contribution in [-0.2, 0) is 21.3 Å². The van der Waals surface area contributed by atoms with Crippen molar-refractivity contribution in [2.45, 2.75) is 36.9 Å². The number of nitrogens with one attached hydrogen (secondary N) is 1. The Morgan fingerprint density at radius 1 is 1.52 bits per heavy atom. The molecule has 1 saturated heterocycles. The molecule has 0 spiro atoms. The minimum Gasteiger partial charge on any atom is -0.372 e. The lowest BCUT2D eigenvalue weighted by molar-refractivity contribution is 0.102. The molecule has 0 bridgehead atoms. The Hall–Kier alpha value is -1.92. The fourth-order valence-corrected chi connectivity index (χ4v) is 4.41. The lowest BCUT2D eigenvalue weighted by atomic mass is 10.1. The standard InChI is InChI=1S/C16H17ClN4O3S/c1-2-21-10-12(9-19-21)16-14(5-6-24-16)20-25(22,23)15-4-3-13(17)7-11(15)8-18/h3-4,7,9-10,14,16,20H,2,5-6H2,1H3/t14-,16+/m0/s1. The van der Waals surface area contributed by atoms with Crippen molar-refractivity contribution in [3.63, 3.8) is 0 Å². The maximum Gasteiger partial charge on any atom is 0.242 e. The van der Waals surface area contributed by atoms with E-state index in [1.54, 1.807) is 10.9 Å². The number of nitrogens with zero attached hydrogens (tertiary/aromatic N) is 3. The summed E-state index contributed by atoms with van der Waals surface area (Å²) in [6, 6.07) is 5.57. The maximum absolute atomic E-state index is 12.7. The van der Waals surface area contributed by atoms with Crippen molar-refractivity contribution in [3.8, 4) is 6.07 Å². The minimum atomic E-state index is -3.88. The van der Waals surface area contributed by atoms with Crippen LogP contribution in [0.3, 0.4) is 0 Å². The van der Waals surface area contributed by atoms with Crippen molar-refractivity contribution < 1.29 is 13.2 Å². The van der Waals surface area contributed by atoms with Crippen LogP contribution in [0, 0.1) is 11.3 Å². The van der Waals surface area contributed by atoms with Crippen LogP contribution in [-0.4, -0.2) is 30.8 Å². The SMILES string of the molecule is CCn1cc([C@H]2OCC[C@@H]2NS(=O)(=O)c2ccc(Cl)cc2C#N)cn1. The molecule has 132 valence electrons. The van der Waals surface area contributed by atoms with Gasteiger partial charge in [-0.2, -0.15) is 10.4 Å². The molecule has 2 heterocycles. The van der Waals surface area contributed by atoms with Gasteiger partial charge in [0.1, 0.15) is 12.2 Å². The van der Waals surface area contributed by atoms with Gasteiger partial charge in [0.05, 0.1) is 22.7 Å². The van der Waals surface area contributed by atoms with E-state index < -0.39 is 22.2 Å². The Morgan fingerprint density at radius 2 is 2.32 bits per heavy atom. The molecule has 2 atom stereocenters. The van der Waals surface area contributed by atoms with Crippen LogP contribution in [0.1, 0.15) is 30.6 Å². The van der Waals surface area contributed by atoms with Crippen molar-refractivity contribution in [1.29, 1.82) is 5.26 Å². The second-order valence-corrected chi connectivity index (χ2v) is 7.81. The third-order valence-corrected chi connectivity index (χ3v) is 5.84. The van der Waals surface area contributed by atoms with E-state index in [4.69, 9.17) is 16.3 Å². The minimum absolute atomic E-state index is 0.00858. The molecular formula is C16H17ClN4O3S. The Balaban J connectivity index is 1.86.